The zero-order valence-electron chi connectivity index (χ0n) is 6.84. The largest absolute Gasteiger partial charge is 0.327 e. The Kier molecular flexibility index (Phi) is 0.885. The van der Waals surface area contributed by atoms with Gasteiger partial charge in [0.05, 0.1) is 0 Å². The van der Waals surface area contributed by atoms with E-state index >= 15 is 0 Å². The summed E-state index contributed by atoms with van der Waals surface area (Å²) in [6.07, 6.45) is 11.7. The molecule has 0 aromatic rings. The second-order valence-corrected chi connectivity index (χ2v) is 4.55. The average molecular weight is 149 g/mol. The molecule has 2 N–H and O–H groups in total. The van der Waals surface area contributed by atoms with Crippen LogP contribution in [-0.4, -0.2) is 6.04 Å². The Hall–Kier alpha value is -0.300. The lowest BCUT2D eigenvalue weighted by molar-refractivity contribution is -0.0892. The predicted molar refractivity (Wildman–Crippen MR) is 45.1 cm³/mol. The lowest BCUT2D eigenvalue weighted by Gasteiger charge is -2.69. The van der Waals surface area contributed by atoms with Crippen LogP contribution >= 0.6 is 0 Å². The van der Waals surface area contributed by atoms with Crippen molar-refractivity contribution in [2.75, 3.05) is 0 Å². The summed E-state index contributed by atoms with van der Waals surface area (Å²) in [5.74, 6) is 0. The van der Waals surface area contributed by atoms with E-state index in [0.717, 1.165) is 0 Å². The molecule has 3 aliphatic carbocycles. The average Bonchev–Trinajstić information content (AvgIpc) is 1.95. The summed E-state index contributed by atoms with van der Waals surface area (Å²) in [7, 11) is 0. The highest BCUT2D eigenvalue weighted by Gasteiger charge is 2.66. The molecule has 0 aliphatic heterocycles. The fourth-order valence-electron chi connectivity index (χ4n) is 3.52. The van der Waals surface area contributed by atoms with Gasteiger partial charge in [-0.2, -0.15) is 0 Å². The van der Waals surface area contributed by atoms with Crippen molar-refractivity contribution in [3.63, 3.8) is 0 Å². The molecule has 0 spiro atoms. The van der Waals surface area contributed by atoms with Gasteiger partial charge in [0, 0.05) is 16.9 Å². The van der Waals surface area contributed by atoms with Crippen LogP contribution in [0.2, 0.25) is 0 Å². The van der Waals surface area contributed by atoms with Crippen LogP contribution < -0.4 is 5.73 Å². The molecule has 3 rings (SSSR count). The third-order valence-electron chi connectivity index (χ3n) is 4.34. The second kappa shape index (κ2) is 1.56. The van der Waals surface area contributed by atoms with Gasteiger partial charge in [0.2, 0.25) is 0 Å². The number of nitrogens with two attached hydrogens (primary N) is 1. The van der Waals surface area contributed by atoms with Gasteiger partial charge in [-0.05, 0) is 19.3 Å². The van der Waals surface area contributed by atoms with E-state index in [4.69, 9.17) is 5.73 Å². The van der Waals surface area contributed by atoms with Crippen LogP contribution in [-0.2, 0) is 0 Å². The van der Waals surface area contributed by atoms with Gasteiger partial charge < -0.3 is 5.73 Å². The Morgan fingerprint density at radius 3 is 2.45 bits per heavy atom. The molecule has 0 aromatic carbocycles. The number of hydrogen-bond donors (Lipinski definition) is 1. The van der Waals surface area contributed by atoms with Crippen LogP contribution in [0.3, 0.4) is 0 Å². The maximum absolute atomic E-state index is 6.05. The van der Waals surface area contributed by atoms with Crippen LogP contribution in [0.25, 0.3) is 0 Å². The molecule has 2 saturated carbocycles. The molecular formula is C10H15N. The Balaban J connectivity index is 2.01. The predicted octanol–water partition coefficient (Wildman–Crippen LogP) is 1.83. The standard InChI is InChI=1S/C10H15N/c11-8-7-9-3-1-2-4-10(8,9)6-5-9/h5-6,8H,1-4,7,11H2. The van der Waals surface area contributed by atoms with Crippen LogP contribution in [0, 0.1) is 10.8 Å². The number of hydrogen-bond acceptors (Lipinski definition) is 1. The molecule has 0 heterocycles. The quantitative estimate of drug-likeness (QED) is 0.522. The first kappa shape index (κ1) is 6.24. The topological polar surface area (TPSA) is 26.0 Å². The molecule has 60 valence electrons. The first-order valence-electron chi connectivity index (χ1n) is 4.75. The third kappa shape index (κ3) is 0.451. The maximum Gasteiger partial charge on any atom is 0.0147 e. The summed E-state index contributed by atoms with van der Waals surface area (Å²) in [4.78, 5) is 0. The first-order valence-corrected chi connectivity index (χ1v) is 4.75. The van der Waals surface area contributed by atoms with Crippen LogP contribution in [0.5, 0.6) is 0 Å². The van der Waals surface area contributed by atoms with E-state index in [9.17, 15) is 0 Å². The third-order valence-corrected chi connectivity index (χ3v) is 4.34. The molecule has 3 unspecified atom stereocenters. The van der Waals surface area contributed by atoms with Gasteiger partial charge in [-0.15, -0.1) is 0 Å². The Labute approximate surface area is 67.7 Å². The highest BCUT2D eigenvalue weighted by molar-refractivity contribution is 5.37. The zero-order chi connectivity index (χ0) is 7.53. The summed E-state index contributed by atoms with van der Waals surface area (Å²) in [5, 5.41) is 0. The van der Waals surface area contributed by atoms with Crippen molar-refractivity contribution in [3.05, 3.63) is 12.2 Å². The lowest BCUT2D eigenvalue weighted by atomic mass is 9.36. The summed E-state index contributed by atoms with van der Waals surface area (Å²) in [6.45, 7) is 0. The minimum atomic E-state index is 0.491. The highest BCUT2D eigenvalue weighted by Crippen LogP contribution is 2.70. The Morgan fingerprint density at radius 1 is 1.18 bits per heavy atom. The zero-order valence-corrected chi connectivity index (χ0v) is 6.84. The molecule has 3 atom stereocenters. The van der Waals surface area contributed by atoms with E-state index in [1.165, 1.54) is 32.1 Å². The molecule has 0 aromatic heterocycles. The molecule has 1 heteroatoms. The molecule has 0 amide bonds. The molecule has 0 bridgehead atoms. The van der Waals surface area contributed by atoms with Gasteiger partial charge in [0.1, 0.15) is 0 Å². The van der Waals surface area contributed by atoms with E-state index in [1.807, 2.05) is 0 Å². The van der Waals surface area contributed by atoms with Gasteiger partial charge in [-0.1, -0.05) is 25.0 Å². The number of rotatable bonds is 0. The number of allylic oxidation sites excluding steroid dienone is 1. The smallest absolute Gasteiger partial charge is 0.0147 e. The summed E-state index contributed by atoms with van der Waals surface area (Å²) in [5.41, 5.74) is 7.15. The molecule has 0 radical (unpaired) electrons. The van der Waals surface area contributed by atoms with Crippen LogP contribution in [0.15, 0.2) is 12.2 Å². The van der Waals surface area contributed by atoms with Crippen LogP contribution in [0.1, 0.15) is 32.1 Å². The van der Waals surface area contributed by atoms with Gasteiger partial charge in [0.15, 0.2) is 0 Å². The van der Waals surface area contributed by atoms with E-state index < -0.39 is 0 Å². The van der Waals surface area contributed by atoms with Gasteiger partial charge in [0.25, 0.3) is 0 Å². The first-order chi connectivity index (χ1) is 5.29. The molecular weight excluding hydrogens is 134 g/mol. The van der Waals surface area contributed by atoms with Crippen molar-refractivity contribution < 1.29 is 0 Å². The molecule has 3 aliphatic rings. The van der Waals surface area contributed by atoms with Crippen molar-refractivity contribution in [2.24, 2.45) is 16.6 Å². The monoisotopic (exact) mass is 149 g/mol. The van der Waals surface area contributed by atoms with Gasteiger partial charge >= 0.3 is 0 Å². The maximum atomic E-state index is 6.05. The highest BCUT2D eigenvalue weighted by atomic mass is 14.8. The van der Waals surface area contributed by atoms with E-state index in [-0.39, 0.29) is 0 Å². The molecule has 11 heavy (non-hydrogen) atoms. The SMILES string of the molecule is NC1CC23C=CC12CCCC3. The summed E-state index contributed by atoms with van der Waals surface area (Å²) < 4.78 is 0. The summed E-state index contributed by atoms with van der Waals surface area (Å²) >= 11 is 0. The van der Waals surface area contributed by atoms with E-state index in [0.29, 0.717) is 16.9 Å². The minimum absolute atomic E-state index is 0.491. The van der Waals surface area contributed by atoms with Crippen molar-refractivity contribution in [1.29, 1.82) is 0 Å². The van der Waals surface area contributed by atoms with Gasteiger partial charge in [-0.3, -0.25) is 0 Å². The van der Waals surface area contributed by atoms with Crippen molar-refractivity contribution in [1.82, 2.24) is 0 Å². The Morgan fingerprint density at radius 2 is 2.00 bits per heavy atom. The second-order valence-electron chi connectivity index (χ2n) is 4.55. The van der Waals surface area contributed by atoms with E-state index in [1.54, 1.807) is 0 Å². The van der Waals surface area contributed by atoms with Crippen molar-refractivity contribution >= 4 is 0 Å². The minimum Gasteiger partial charge on any atom is -0.327 e. The molecule has 1 nitrogen and oxygen atoms in total. The molecule has 0 saturated heterocycles. The lowest BCUT2D eigenvalue weighted by Crippen LogP contribution is -2.68. The normalized spacial score (nSPS) is 58.8. The van der Waals surface area contributed by atoms with Crippen molar-refractivity contribution in [3.8, 4) is 0 Å². The Bertz CT molecular complexity index is 229. The fourth-order valence-corrected chi connectivity index (χ4v) is 3.52. The van der Waals surface area contributed by atoms with Crippen LogP contribution in [0.4, 0.5) is 0 Å². The van der Waals surface area contributed by atoms with Gasteiger partial charge in [-0.25, -0.2) is 0 Å². The van der Waals surface area contributed by atoms with Crippen molar-refractivity contribution in [2.45, 2.75) is 38.1 Å². The fraction of sp³-hybridized carbons (Fsp3) is 0.800. The van der Waals surface area contributed by atoms with E-state index in [2.05, 4.69) is 12.2 Å². The summed E-state index contributed by atoms with van der Waals surface area (Å²) in [6, 6.07) is 0.493. The molecule has 2 fully saturated rings.